The Bertz CT molecular complexity index is 516. The van der Waals surface area contributed by atoms with Gasteiger partial charge in [0.05, 0.1) is 18.1 Å². The van der Waals surface area contributed by atoms with Crippen molar-refractivity contribution >= 4 is 16.9 Å². The first kappa shape index (κ1) is 11.8. The van der Waals surface area contributed by atoms with E-state index in [2.05, 4.69) is 25.3 Å². The van der Waals surface area contributed by atoms with Crippen LogP contribution in [0.15, 0.2) is 6.20 Å². The van der Waals surface area contributed by atoms with Crippen LogP contribution in [0.1, 0.15) is 5.82 Å². The zero-order valence-electron chi connectivity index (χ0n) is 10.7. The van der Waals surface area contributed by atoms with Gasteiger partial charge in [0, 0.05) is 13.6 Å². The van der Waals surface area contributed by atoms with Gasteiger partial charge in [-0.15, -0.1) is 0 Å². The Labute approximate surface area is 101 Å². The maximum Gasteiger partial charge on any atom is 0.163 e. The average molecular weight is 234 g/mol. The Hall–Kier alpha value is -1.69. The van der Waals surface area contributed by atoms with Crippen LogP contribution < -0.4 is 5.32 Å². The fourth-order valence-corrected chi connectivity index (χ4v) is 1.71. The first-order valence-corrected chi connectivity index (χ1v) is 5.64. The van der Waals surface area contributed by atoms with Crippen LogP contribution in [0, 0.1) is 6.92 Å². The predicted molar refractivity (Wildman–Crippen MR) is 68.2 cm³/mol. The van der Waals surface area contributed by atoms with E-state index >= 15 is 0 Å². The highest BCUT2D eigenvalue weighted by atomic mass is 15.3. The molecule has 0 saturated heterocycles. The highest BCUT2D eigenvalue weighted by Crippen LogP contribution is 2.19. The van der Waals surface area contributed by atoms with Gasteiger partial charge >= 0.3 is 0 Å². The zero-order chi connectivity index (χ0) is 12.4. The van der Waals surface area contributed by atoms with Gasteiger partial charge in [0.2, 0.25) is 0 Å². The molecule has 0 aliphatic rings. The molecule has 2 rings (SSSR count). The Morgan fingerprint density at radius 2 is 2.12 bits per heavy atom. The van der Waals surface area contributed by atoms with Crippen molar-refractivity contribution in [1.29, 1.82) is 0 Å². The molecular formula is C11H18N6. The number of fused-ring (bicyclic) bond motifs is 1. The summed E-state index contributed by atoms with van der Waals surface area (Å²) in [4.78, 5) is 10.9. The number of hydrogen-bond donors (Lipinski definition) is 1. The predicted octanol–water partition coefficient (Wildman–Crippen LogP) is 0.738. The average Bonchev–Trinajstić information content (AvgIpc) is 2.68. The second-order valence-electron chi connectivity index (χ2n) is 4.28. The molecule has 92 valence electrons. The van der Waals surface area contributed by atoms with E-state index in [4.69, 9.17) is 0 Å². The summed E-state index contributed by atoms with van der Waals surface area (Å²) in [5.74, 6) is 1.59. The van der Waals surface area contributed by atoms with Crippen LogP contribution in [-0.2, 0) is 6.54 Å². The first-order chi connectivity index (χ1) is 8.11. The van der Waals surface area contributed by atoms with Crippen LogP contribution in [-0.4, -0.2) is 52.3 Å². The van der Waals surface area contributed by atoms with E-state index in [0.29, 0.717) is 0 Å². The minimum absolute atomic E-state index is 0.758. The van der Waals surface area contributed by atoms with E-state index in [0.717, 1.165) is 35.8 Å². The zero-order valence-corrected chi connectivity index (χ0v) is 10.7. The summed E-state index contributed by atoms with van der Waals surface area (Å²) in [5.41, 5.74) is 0.892. The molecule has 0 spiro atoms. The van der Waals surface area contributed by atoms with Gasteiger partial charge in [0.25, 0.3) is 0 Å². The molecule has 6 nitrogen and oxygen atoms in total. The number of nitrogens with one attached hydrogen (secondary N) is 1. The van der Waals surface area contributed by atoms with E-state index in [1.807, 2.05) is 38.9 Å². The molecule has 0 aliphatic heterocycles. The van der Waals surface area contributed by atoms with E-state index in [1.165, 1.54) is 0 Å². The van der Waals surface area contributed by atoms with E-state index in [1.54, 1.807) is 0 Å². The lowest BCUT2D eigenvalue weighted by Crippen LogP contribution is -2.19. The molecule has 0 fully saturated rings. The van der Waals surface area contributed by atoms with Crippen molar-refractivity contribution in [1.82, 2.24) is 24.6 Å². The van der Waals surface area contributed by atoms with Gasteiger partial charge in [-0.2, -0.15) is 5.10 Å². The number of anilines is 1. The van der Waals surface area contributed by atoms with Crippen molar-refractivity contribution in [3.8, 4) is 0 Å². The van der Waals surface area contributed by atoms with Crippen LogP contribution in [0.4, 0.5) is 5.82 Å². The van der Waals surface area contributed by atoms with Gasteiger partial charge < -0.3 is 10.2 Å². The molecule has 2 aromatic rings. The topological polar surface area (TPSA) is 58.9 Å². The summed E-state index contributed by atoms with van der Waals surface area (Å²) in [6.07, 6.45) is 1.82. The number of aryl methyl sites for hydroxylation is 1. The molecule has 6 heteroatoms. The highest BCUT2D eigenvalue weighted by molar-refractivity contribution is 5.86. The number of aromatic nitrogens is 4. The fraction of sp³-hybridized carbons (Fsp3) is 0.545. The van der Waals surface area contributed by atoms with Crippen molar-refractivity contribution in [2.75, 3.05) is 33.0 Å². The molecule has 17 heavy (non-hydrogen) atoms. The van der Waals surface area contributed by atoms with Crippen molar-refractivity contribution in [3.05, 3.63) is 12.0 Å². The van der Waals surface area contributed by atoms with Gasteiger partial charge in [0.1, 0.15) is 11.6 Å². The summed E-state index contributed by atoms with van der Waals surface area (Å²) < 4.78 is 1.92. The maximum atomic E-state index is 4.45. The Morgan fingerprint density at radius 1 is 1.35 bits per heavy atom. The fourth-order valence-electron chi connectivity index (χ4n) is 1.71. The molecule has 0 radical (unpaired) electrons. The van der Waals surface area contributed by atoms with Gasteiger partial charge in [-0.1, -0.05) is 0 Å². The first-order valence-electron chi connectivity index (χ1n) is 5.64. The van der Waals surface area contributed by atoms with Gasteiger partial charge in [0.15, 0.2) is 5.65 Å². The van der Waals surface area contributed by atoms with Crippen LogP contribution in [0.2, 0.25) is 0 Å². The number of hydrogen-bond acceptors (Lipinski definition) is 5. The third kappa shape index (κ3) is 2.36. The van der Waals surface area contributed by atoms with Gasteiger partial charge in [-0.05, 0) is 21.0 Å². The van der Waals surface area contributed by atoms with Crippen LogP contribution in [0.5, 0.6) is 0 Å². The van der Waals surface area contributed by atoms with Crippen molar-refractivity contribution in [2.45, 2.75) is 13.5 Å². The van der Waals surface area contributed by atoms with E-state index in [9.17, 15) is 0 Å². The second-order valence-corrected chi connectivity index (χ2v) is 4.28. The van der Waals surface area contributed by atoms with Crippen molar-refractivity contribution in [2.24, 2.45) is 0 Å². The summed E-state index contributed by atoms with van der Waals surface area (Å²) >= 11 is 0. The standard InChI is InChI=1S/C11H18N6/c1-8-14-10(12-2)9-7-13-17(11(9)15-8)6-5-16(3)4/h7H,5-6H2,1-4H3,(H,12,14,15). The summed E-state index contributed by atoms with van der Waals surface area (Å²) in [6, 6.07) is 0. The lowest BCUT2D eigenvalue weighted by Gasteiger charge is -2.10. The molecule has 0 atom stereocenters. The molecule has 0 saturated carbocycles. The molecule has 2 heterocycles. The van der Waals surface area contributed by atoms with Gasteiger partial charge in [-0.3, -0.25) is 0 Å². The molecule has 0 aromatic carbocycles. The summed E-state index contributed by atoms with van der Waals surface area (Å²) in [7, 11) is 5.95. The minimum Gasteiger partial charge on any atom is -0.372 e. The Morgan fingerprint density at radius 3 is 2.76 bits per heavy atom. The molecule has 2 aromatic heterocycles. The van der Waals surface area contributed by atoms with Crippen molar-refractivity contribution < 1.29 is 0 Å². The smallest absolute Gasteiger partial charge is 0.163 e. The monoisotopic (exact) mass is 234 g/mol. The van der Waals surface area contributed by atoms with Crippen LogP contribution in [0.25, 0.3) is 11.0 Å². The lowest BCUT2D eigenvalue weighted by molar-refractivity contribution is 0.376. The normalized spacial score (nSPS) is 11.4. The van der Waals surface area contributed by atoms with E-state index < -0.39 is 0 Å². The largest absolute Gasteiger partial charge is 0.372 e. The van der Waals surface area contributed by atoms with Crippen LogP contribution in [0.3, 0.4) is 0 Å². The van der Waals surface area contributed by atoms with Gasteiger partial charge in [-0.25, -0.2) is 14.6 Å². The number of nitrogens with zero attached hydrogens (tertiary/aromatic N) is 5. The highest BCUT2D eigenvalue weighted by Gasteiger charge is 2.10. The van der Waals surface area contributed by atoms with Crippen molar-refractivity contribution in [3.63, 3.8) is 0 Å². The Balaban J connectivity index is 2.41. The van der Waals surface area contributed by atoms with E-state index in [-0.39, 0.29) is 0 Å². The SMILES string of the molecule is CNc1nc(C)nc2c1cnn2CCN(C)C. The Kier molecular flexibility index (Phi) is 3.23. The third-order valence-electron chi connectivity index (χ3n) is 2.60. The third-order valence-corrected chi connectivity index (χ3v) is 2.60. The molecular weight excluding hydrogens is 216 g/mol. The molecule has 1 N–H and O–H groups in total. The summed E-state index contributed by atoms with van der Waals surface area (Å²) in [5, 5.41) is 8.41. The molecule has 0 aliphatic carbocycles. The number of likely N-dealkylation sites (N-methyl/N-ethyl adjacent to an activating group) is 1. The second kappa shape index (κ2) is 4.67. The summed E-state index contributed by atoms with van der Waals surface area (Å²) in [6.45, 7) is 3.66. The molecule has 0 bridgehead atoms. The molecule has 0 unspecified atom stereocenters. The molecule has 0 amide bonds. The lowest BCUT2D eigenvalue weighted by atomic mass is 10.4. The maximum absolute atomic E-state index is 4.45. The quantitative estimate of drug-likeness (QED) is 0.845. The number of rotatable bonds is 4. The van der Waals surface area contributed by atoms with Crippen LogP contribution >= 0.6 is 0 Å². The minimum atomic E-state index is 0.758.